The number of hydrogen-bond acceptors (Lipinski definition) is 6. The van der Waals surface area contributed by atoms with Crippen molar-refractivity contribution in [2.75, 3.05) is 23.3 Å². The molecule has 1 aliphatic rings. The number of piperidine rings is 1. The quantitative estimate of drug-likeness (QED) is 0.664. The van der Waals surface area contributed by atoms with Crippen LogP contribution in [0.5, 0.6) is 0 Å². The molecule has 9 heteroatoms. The summed E-state index contributed by atoms with van der Waals surface area (Å²) in [5, 5.41) is 2.61. The minimum atomic E-state index is -4.01. The number of anilines is 2. The summed E-state index contributed by atoms with van der Waals surface area (Å²) in [5.74, 6) is 0.362. The smallest absolute Gasteiger partial charge is 0.221 e. The fourth-order valence-electron chi connectivity index (χ4n) is 3.44. The molecule has 4 rings (SSSR count). The molecule has 0 atom stereocenters. The Labute approximate surface area is 175 Å². The molecule has 0 bridgehead atoms. The molecule has 0 radical (unpaired) electrons. The molecule has 3 aromatic rings. The van der Waals surface area contributed by atoms with Crippen LogP contribution in [0.4, 0.5) is 17.3 Å². The van der Waals surface area contributed by atoms with E-state index in [1.807, 2.05) is 18.2 Å². The zero-order valence-electron chi connectivity index (χ0n) is 16.6. The Balaban J connectivity index is 1.69. The van der Waals surface area contributed by atoms with E-state index in [9.17, 15) is 13.2 Å². The highest BCUT2D eigenvalue weighted by atomic mass is 32.2. The molecule has 0 unspecified atom stereocenters. The van der Waals surface area contributed by atoms with Crippen LogP contribution >= 0.6 is 0 Å². The minimum absolute atomic E-state index is 0.0242. The maximum Gasteiger partial charge on any atom is 0.221 e. The van der Waals surface area contributed by atoms with Gasteiger partial charge in [0.2, 0.25) is 15.9 Å². The number of nitrogens with zero attached hydrogens (tertiary/aromatic N) is 4. The maximum atomic E-state index is 13.0. The van der Waals surface area contributed by atoms with E-state index in [-0.39, 0.29) is 16.6 Å². The Kier molecular flexibility index (Phi) is 5.54. The first kappa shape index (κ1) is 20.1. The van der Waals surface area contributed by atoms with Crippen molar-refractivity contribution in [1.82, 2.24) is 9.97 Å². The standard InChI is InChI=1S/C21H23N5O3S/c1-15(27)22-16-9-11-17(12-10-16)30(28,29)25-20-21(26-13-5-2-6-14-26)24-19-8-4-3-7-18(19)23-20/h3-4,7-12H,2,5-6,13-14H2,1H3,(H2,22,23,25,27)/p-1. The largest absolute Gasteiger partial charge is 0.431 e. The highest BCUT2D eigenvalue weighted by Crippen LogP contribution is 2.36. The molecule has 1 aliphatic heterocycles. The van der Waals surface area contributed by atoms with E-state index in [4.69, 9.17) is 0 Å². The number of hydrogen-bond donors (Lipinski definition) is 1. The summed E-state index contributed by atoms with van der Waals surface area (Å²) < 4.78 is 30.0. The molecule has 2 heterocycles. The zero-order valence-corrected chi connectivity index (χ0v) is 17.4. The predicted octanol–water partition coefficient (Wildman–Crippen LogP) is 3.97. The summed E-state index contributed by atoms with van der Waals surface area (Å²) in [4.78, 5) is 22.4. The van der Waals surface area contributed by atoms with Crippen molar-refractivity contribution in [3.8, 4) is 0 Å². The van der Waals surface area contributed by atoms with Crippen LogP contribution in [0.1, 0.15) is 26.2 Å². The third-order valence-electron chi connectivity index (χ3n) is 4.87. The predicted molar refractivity (Wildman–Crippen MR) is 117 cm³/mol. The van der Waals surface area contributed by atoms with Crippen LogP contribution in [0.15, 0.2) is 53.4 Å². The minimum Gasteiger partial charge on any atom is -0.431 e. The number of fused-ring (bicyclic) bond motifs is 1. The van der Waals surface area contributed by atoms with Crippen molar-refractivity contribution in [3.05, 3.63) is 53.3 Å². The van der Waals surface area contributed by atoms with Crippen molar-refractivity contribution in [2.45, 2.75) is 31.1 Å². The number of nitrogens with one attached hydrogen (secondary N) is 1. The first-order chi connectivity index (χ1) is 14.4. The molecule has 2 aromatic carbocycles. The lowest BCUT2D eigenvalue weighted by Crippen LogP contribution is -2.30. The van der Waals surface area contributed by atoms with Gasteiger partial charge in [-0.05, 0) is 60.9 Å². The summed E-state index contributed by atoms with van der Waals surface area (Å²) in [6, 6.07) is 13.2. The summed E-state index contributed by atoms with van der Waals surface area (Å²) >= 11 is 0. The van der Waals surface area contributed by atoms with Gasteiger partial charge in [0.1, 0.15) is 5.82 Å². The van der Waals surface area contributed by atoms with E-state index in [1.54, 1.807) is 6.07 Å². The number of aromatic nitrogens is 2. The molecule has 0 saturated carbocycles. The van der Waals surface area contributed by atoms with Gasteiger partial charge < -0.3 is 19.9 Å². The second-order valence-corrected chi connectivity index (χ2v) is 8.78. The van der Waals surface area contributed by atoms with Gasteiger partial charge in [0, 0.05) is 25.7 Å². The van der Waals surface area contributed by atoms with Gasteiger partial charge in [-0.3, -0.25) is 4.79 Å². The molecule has 0 spiro atoms. The average molecular weight is 425 g/mol. The molecule has 1 saturated heterocycles. The Morgan fingerprint density at radius 1 is 0.967 bits per heavy atom. The second-order valence-electron chi connectivity index (χ2n) is 7.18. The molecule has 1 fully saturated rings. The second kappa shape index (κ2) is 8.27. The van der Waals surface area contributed by atoms with Crippen molar-refractivity contribution in [3.63, 3.8) is 0 Å². The van der Waals surface area contributed by atoms with Crippen molar-refractivity contribution < 1.29 is 13.2 Å². The molecule has 1 amide bonds. The molecular formula is C21H22N5O3S-. The third kappa shape index (κ3) is 4.35. The number of carbonyl (C=O) groups is 1. The third-order valence-corrected chi connectivity index (χ3v) is 6.15. The van der Waals surface area contributed by atoms with E-state index in [0.29, 0.717) is 22.5 Å². The van der Waals surface area contributed by atoms with E-state index < -0.39 is 10.0 Å². The van der Waals surface area contributed by atoms with Crippen LogP contribution in [0.25, 0.3) is 15.8 Å². The zero-order chi connectivity index (χ0) is 21.1. The van der Waals surface area contributed by atoms with Gasteiger partial charge in [0.15, 0.2) is 0 Å². The molecule has 30 heavy (non-hydrogen) atoms. The summed E-state index contributed by atoms with van der Waals surface area (Å²) in [6.07, 6.45) is 3.18. The van der Waals surface area contributed by atoms with Crippen LogP contribution in [-0.4, -0.2) is 37.4 Å². The van der Waals surface area contributed by atoms with Gasteiger partial charge in [-0.15, -0.1) is 0 Å². The number of sulfonamides is 1. The van der Waals surface area contributed by atoms with E-state index in [1.165, 1.54) is 31.2 Å². The van der Waals surface area contributed by atoms with Crippen LogP contribution in [0.2, 0.25) is 0 Å². The first-order valence-electron chi connectivity index (χ1n) is 9.80. The summed E-state index contributed by atoms with van der Waals surface area (Å²) in [5.41, 5.74) is 1.81. The Morgan fingerprint density at radius 3 is 2.23 bits per heavy atom. The fourth-order valence-corrected chi connectivity index (χ4v) is 4.38. The Morgan fingerprint density at radius 2 is 1.60 bits per heavy atom. The lowest BCUT2D eigenvalue weighted by atomic mass is 10.1. The van der Waals surface area contributed by atoms with Gasteiger partial charge in [0.25, 0.3) is 0 Å². The molecule has 156 valence electrons. The highest BCUT2D eigenvalue weighted by Gasteiger charge is 2.18. The van der Waals surface area contributed by atoms with Gasteiger partial charge in [-0.2, -0.15) is 0 Å². The van der Waals surface area contributed by atoms with Crippen molar-refractivity contribution >= 4 is 44.3 Å². The molecule has 0 aliphatic carbocycles. The van der Waals surface area contributed by atoms with Crippen LogP contribution in [0, 0.1) is 0 Å². The number of carbonyl (C=O) groups excluding carboxylic acids is 1. The first-order valence-corrected chi connectivity index (χ1v) is 11.2. The summed E-state index contributed by atoms with van der Waals surface area (Å²) in [6.45, 7) is 2.97. The normalized spacial score (nSPS) is 14.5. The fraction of sp³-hybridized carbons (Fsp3) is 0.286. The van der Waals surface area contributed by atoms with Crippen LogP contribution in [-0.2, 0) is 14.8 Å². The molecular weight excluding hydrogens is 402 g/mol. The molecule has 8 nitrogen and oxygen atoms in total. The number of rotatable bonds is 5. The van der Waals surface area contributed by atoms with E-state index in [2.05, 4.69) is 24.9 Å². The van der Waals surface area contributed by atoms with E-state index >= 15 is 0 Å². The van der Waals surface area contributed by atoms with Crippen molar-refractivity contribution in [2.24, 2.45) is 0 Å². The average Bonchev–Trinajstić information content (AvgIpc) is 2.73. The maximum absolute atomic E-state index is 13.0. The topological polar surface area (TPSA) is 106 Å². The lowest BCUT2D eigenvalue weighted by molar-refractivity contribution is -0.114. The number of benzene rings is 2. The van der Waals surface area contributed by atoms with Gasteiger partial charge >= 0.3 is 0 Å². The number of amides is 1. The van der Waals surface area contributed by atoms with Gasteiger partial charge in [-0.25, -0.2) is 13.4 Å². The van der Waals surface area contributed by atoms with Crippen LogP contribution < -0.4 is 10.2 Å². The Bertz CT molecular complexity index is 1170. The van der Waals surface area contributed by atoms with Crippen LogP contribution in [0.3, 0.4) is 0 Å². The monoisotopic (exact) mass is 424 g/mol. The summed E-state index contributed by atoms with van der Waals surface area (Å²) in [7, 11) is -4.01. The van der Waals surface area contributed by atoms with Crippen molar-refractivity contribution in [1.29, 1.82) is 0 Å². The number of para-hydroxylation sites is 2. The van der Waals surface area contributed by atoms with Gasteiger partial charge in [-0.1, -0.05) is 18.2 Å². The van der Waals surface area contributed by atoms with E-state index in [0.717, 1.165) is 32.4 Å². The molecule has 1 aromatic heterocycles. The Hall–Kier alpha value is -3.20. The molecule has 1 N–H and O–H groups in total. The lowest BCUT2D eigenvalue weighted by Gasteiger charge is -2.32. The highest BCUT2D eigenvalue weighted by molar-refractivity contribution is 7.94. The van der Waals surface area contributed by atoms with Gasteiger partial charge in [0.05, 0.1) is 10.4 Å². The SMILES string of the molecule is CC(=O)Nc1ccc(S(=O)(=O)[N-]c2nc3ccccc3nc2N2CCCCC2)cc1.